The van der Waals surface area contributed by atoms with E-state index in [4.69, 9.17) is 35.7 Å². The van der Waals surface area contributed by atoms with Crippen molar-refractivity contribution in [1.29, 1.82) is 0 Å². The Morgan fingerprint density at radius 1 is 1.00 bits per heavy atom. The smallest absolute Gasteiger partial charge is 0.481 e. The monoisotopic (exact) mass is 293 g/mol. The van der Waals surface area contributed by atoms with Crippen LogP contribution in [0.4, 0.5) is 0 Å². The number of nitrogens with zero attached hydrogens (tertiary/aromatic N) is 1. The molecule has 18 heavy (non-hydrogen) atoms. The molecule has 98 valence electrons. The van der Waals surface area contributed by atoms with E-state index in [0.29, 0.717) is 0 Å². The number of rotatable bonds is 5. The van der Waals surface area contributed by atoms with E-state index in [1.807, 2.05) is 0 Å². The first-order valence-corrected chi connectivity index (χ1v) is 3.72. The van der Waals surface area contributed by atoms with Crippen molar-refractivity contribution in [2.75, 3.05) is 0 Å². The molecule has 0 unspecified atom stereocenters. The van der Waals surface area contributed by atoms with E-state index in [-0.39, 0.29) is 51.4 Å². The zero-order valence-electron chi connectivity index (χ0n) is 9.10. The van der Waals surface area contributed by atoms with Crippen molar-refractivity contribution in [1.82, 2.24) is 0 Å². The summed E-state index contributed by atoms with van der Waals surface area (Å²) in [5.74, 6) is -5.02. The summed E-state index contributed by atoms with van der Waals surface area (Å²) in [6.45, 7) is 0. The molecule has 0 aromatic rings. The Morgan fingerprint density at radius 2 is 1.22 bits per heavy atom. The summed E-state index contributed by atoms with van der Waals surface area (Å²) >= 11 is 0. The first-order valence-electron chi connectivity index (χ1n) is 3.72. The van der Waals surface area contributed by atoms with E-state index in [0.717, 1.165) is 0 Å². The predicted molar refractivity (Wildman–Crippen MR) is 47.5 cm³/mol. The van der Waals surface area contributed by atoms with Crippen molar-refractivity contribution in [3.05, 3.63) is 15.3 Å². The molecule has 0 aliphatic carbocycles. The molecule has 4 N–H and O–H groups in total. The molecule has 0 radical (unpaired) electrons. The van der Waals surface area contributed by atoms with Crippen molar-refractivity contribution >= 4 is 17.9 Å². The van der Waals surface area contributed by atoms with Gasteiger partial charge in [-0.05, 0) is 0 Å². The second kappa shape index (κ2) is 10.2. The van der Waals surface area contributed by atoms with Crippen molar-refractivity contribution in [3.63, 3.8) is 0 Å². The van der Waals surface area contributed by atoms with Gasteiger partial charge in [0.25, 0.3) is 0 Å². The zero-order valence-corrected chi connectivity index (χ0v) is 12.2. The number of hydrogen-bond donors (Lipinski definition) is 4. The fraction of sp³-hybridized carbons (Fsp3) is 0.500. The molecule has 0 atom stereocenters. The molecule has 0 rings (SSSR count). The number of carbonyl (C=O) groups is 3. The third-order valence-electron chi connectivity index (χ3n) is 1.29. The van der Waals surface area contributed by atoms with Crippen LogP contribution in [0.5, 0.6) is 0 Å². The summed E-state index contributed by atoms with van der Waals surface area (Å²) < 4.78 is 0. The van der Waals surface area contributed by atoms with Gasteiger partial charge in [-0.2, -0.15) is 0 Å². The largest absolute Gasteiger partial charge is 1.00 e. The van der Waals surface area contributed by atoms with Crippen LogP contribution in [0.2, 0.25) is 0 Å². The molecule has 0 aromatic carbocycles. The minimum absolute atomic E-state index is 0. The SMILES string of the molecule is O=C(O)CC(O)(CC(=O)O)C(=O)O.O=[N+]([O-])[O-].[K+]. The molecule has 0 bridgehead atoms. The summed E-state index contributed by atoms with van der Waals surface area (Å²) in [6, 6.07) is 0. The minimum Gasteiger partial charge on any atom is -0.481 e. The van der Waals surface area contributed by atoms with Crippen molar-refractivity contribution in [2.24, 2.45) is 0 Å². The molecule has 12 heteroatoms. The van der Waals surface area contributed by atoms with Crippen LogP contribution in [0.1, 0.15) is 12.8 Å². The summed E-state index contributed by atoms with van der Waals surface area (Å²) in [7, 11) is 0. The fourth-order valence-electron chi connectivity index (χ4n) is 0.714. The molecular formula is C6H8KNO10. The number of carboxylic acid groups (broad SMARTS) is 3. The van der Waals surface area contributed by atoms with Crippen LogP contribution in [-0.2, 0) is 14.4 Å². The Morgan fingerprint density at radius 3 is 1.33 bits per heavy atom. The number of aliphatic carboxylic acids is 3. The van der Waals surface area contributed by atoms with Gasteiger partial charge in [0.2, 0.25) is 0 Å². The normalized spacial score (nSPS) is 9.17. The Labute approximate surface area is 142 Å². The van der Waals surface area contributed by atoms with Gasteiger partial charge in [-0.15, -0.1) is 0 Å². The zero-order chi connectivity index (χ0) is 14.2. The summed E-state index contributed by atoms with van der Waals surface area (Å²) in [4.78, 5) is 38.7. The second-order valence-electron chi connectivity index (χ2n) is 2.70. The Hall–Kier alpha value is -0.794. The van der Waals surface area contributed by atoms with E-state index in [1.165, 1.54) is 0 Å². The summed E-state index contributed by atoms with van der Waals surface area (Å²) in [5, 5.41) is 48.6. The van der Waals surface area contributed by atoms with Crippen LogP contribution in [0, 0.1) is 15.3 Å². The van der Waals surface area contributed by atoms with Crippen LogP contribution in [0.25, 0.3) is 0 Å². The number of hydrogen-bond acceptors (Lipinski definition) is 7. The van der Waals surface area contributed by atoms with Crippen LogP contribution in [0.3, 0.4) is 0 Å². The van der Waals surface area contributed by atoms with E-state index < -0.39 is 41.4 Å². The van der Waals surface area contributed by atoms with Crippen LogP contribution < -0.4 is 51.4 Å². The van der Waals surface area contributed by atoms with Gasteiger partial charge in [0.15, 0.2) is 5.60 Å². The Balaban J connectivity index is -0.000000392. The fourth-order valence-corrected chi connectivity index (χ4v) is 0.714. The Bertz CT molecular complexity index is 308. The molecule has 0 fully saturated rings. The summed E-state index contributed by atoms with van der Waals surface area (Å²) in [6.07, 6.45) is -2.29. The third kappa shape index (κ3) is 13.3. The molecule has 0 aliphatic heterocycles. The number of aliphatic hydroxyl groups is 1. The average molecular weight is 293 g/mol. The predicted octanol–water partition coefficient (Wildman–Crippen LogP) is -4.48. The Kier molecular flexibility index (Phi) is 12.6. The first kappa shape index (κ1) is 22.4. The molecule has 0 saturated carbocycles. The van der Waals surface area contributed by atoms with Gasteiger partial charge in [0.1, 0.15) is 0 Å². The van der Waals surface area contributed by atoms with Crippen molar-refractivity contribution in [3.8, 4) is 0 Å². The van der Waals surface area contributed by atoms with Crippen LogP contribution in [-0.4, -0.2) is 49.0 Å². The molecule has 0 aliphatic rings. The molecule has 0 spiro atoms. The molecule has 0 heterocycles. The standard InChI is InChI=1S/C6H8O7.K.NO3/c7-3(8)1-6(13,5(11)12)2-4(9)10;;2-1(3)4/h13H,1-2H2,(H,7,8)(H,9,10)(H,11,12);;/q;+1;-1. The average Bonchev–Trinajstić information content (AvgIpc) is 1.98. The maximum absolute atomic E-state index is 10.3. The van der Waals surface area contributed by atoms with E-state index in [9.17, 15) is 14.4 Å². The maximum atomic E-state index is 10.3. The second-order valence-corrected chi connectivity index (χ2v) is 2.70. The van der Waals surface area contributed by atoms with Crippen molar-refractivity contribution < 1.29 is 91.3 Å². The van der Waals surface area contributed by atoms with Gasteiger partial charge in [-0.1, -0.05) is 0 Å². The minimum atomic E-state index is -2.74. The topological polar surface area (TPSA) is 198 Å². The maximum Gasteiger partial charge on any atom is 1.00 e. The van der Waals surface area contributed by atoms with Gasteiger partial charge in [0.05, 0.1) is 17.9 Å². The molecule has 0 aromatic heterocycles. The number of carboxylic acids is 3. The van der Waals surface area contributed by atoms with Crippen LogP contribution in [0.15, 0.2) is 0 Å². The van der Waals surface area contributed by atoms with Crippen molar-refractivity contribution in [2.45, 2.75) is 18.4 Å². The van der Waals surface area contributed by atoms with E-state index >= 15 is 0 Å². The van der Waals surface area contributed by atoms with Crippen LogP contribution >= 0.6 is 0 Å². The molecule has 11 nitrogen and oxygen atoms in total. The van der Waals surface area contributed by atoms with Gasteiger partial charge < -0.3 is 35.7 Å². The van der Waals surface area contributed by atoms with Gasteiger partial charge in [-0.25, -0.2) is 4.79 Å². The van der Waals surface area contributed by atoms with Gasteiger partial charge >= 0.3 is 69.3 Å². The third-order valence-corrected chi connectivity index (χ3v) is 1.29. The first-order chi connectivity index (χ1) is 7.51. The van der Waals surface area contributed by atoms with Gasteiger partial charge in [-0.3, -0.25) is 9.59 Å². The van der Waals surface area contributed by atoms with Gasteiger partial charge in [0, 0.05) is 0 Å². The van der Waals surface area contributed by atoms with E-state index in [1.54, 1.807) is 0 Å². The summed E-state index contributed by atoms with van der Waals surface area (Å²) in [5.41, 5.74) is -2.74. The van der Waals surface area contributed by atoms with E-state index in [2.05, 4.69) is 0 Å². The molecular weight excluding hydrogens is 285 g/mol. The quantitative estimate of drug-likeness (QED) is 0.217. The molecule has 0 amide bonds. The molecule has 0 saturated heterocycles.